The second-order valence-corrected chi connectivity index (χ2v) is 7.45. The number of rotatable bonds is 8. The first-order chi connectivity index (χ1) is 13.5. The molecule has 1 fully saturated rings. The average Bonchev–Trinajstić information content (AvgIpc) is 3.34. The van der Waals surface area contributed by atoms with Crippen molar-refractivity contribution in [1.82, 2.24) is 19.8 Å². The molecule has 0 spiro atoms. The quantitative estimate of drug-likeness (QED) is 0.757. The number of amides is 2. The van der Waals surface area contributed by atoms with Gasteiger partial charge in [-0.15, -0.1) is 0 Å². The van der Waals surface area contributed by atoms with Gasteiger partial charge in [-0.2, -0.15) is 0 Å². The van der Waals surface area contributed by atoms with Crippen molar-refractivity contribution < 1.29 is 14.3 Å². The van der Waals surface area contributed by atoms with E-state index < -0.39 is 0 Å². The smallest absolute Gasteiger partial charge is 0.249 e. The molecule has 2 unspecified atom stereocenters. The Hall–Kier alpha value is -2.41. The average molecular weight is 386 g/mol. The number of aromatic nitrogens is 2. The number of hydrogen-bond donors (Lipinski definition) is 1. The minimum Gasteiger partial charge on any atom is -0.368 e. The van der Waals surface area contributed by atoms with Crippen LogP contribution in [0.1, 0.15) is 51.4 Å². The summed E-state index contributed by atoms with van der Waals surface area (Å²) in [5.41, 5.74) is 1.72. The number of para-hydroxylation sites is 2. The summed E-state index contributed by atoms with van der Waals surface area (Å²) in [6.07, 6.45) is 3.29. The lowest BCUT2D eigenvalue weighted by atomic mass is 10.2. The molecule has 0 radical (unpaired) electrons. The Labute approximate surface area is 166 Å². The topological polar surface area (TPSA) is 76.5 Å². The van der Waals surface area contributed by atoms with Crippen molar-refractivity contribution >= 4 is 22.8 Å². The van der Waals surface area contributed by atoms with Gasteiger partial charge in [0.05, 0.1) is 17.1 Å². The van der Waals surface area contributed by atoms with Crippen LogP contribution >= 0.6 is 0 Å². The van der Waals surface area contributed by atoms with Crippen molar-refractivity contribution in [3.63, 3.8) is 0 Å². The van der Waals surface area contributed by atoms with E-state index in [4.69, 9.17) is 9.72 Å². The largest absolute Gasteiger partial charge is 0.368 e. The molecule has 0 aliphatic carbocycles. The highest BCUT2D eigenvalue weighted by Gasteiger charge is 2.27. The first-order valence-corrected chi connectivity index (χ1v) is 10.1. The SMILES string of the molecule is CCCCN(C)C(=O)Cn1c(C(C)NC(=O)C2CCCO2)nc2ccccc21. The van der Waals surface area contributed by atoms with Gasteiger partial charge in [-0.3, -0.25) is 9.59 Å². The summed E-state index contributed by atoms with van der Waals surface area (Å²) in [5, 5.41) is 3.00. The van der Waals surface area contributed by atoms with Crippen molar-refractivity contribution in [3.8, 4) is 0 Å². The van der Waals surface area contributed by atoms with Crippen LogP contribution in [0.3, 0.4) is 0 Å². The zero-order chi connectivity index (χ0) is 20.1. The van der Waals surface area contributed by atoms with Gasteiger partial charge in [0.2, 0.25) is 11.8 Å². The van der Waals surface area contributed by atoms with Crippen molar-refractivity contribution in [2.75, 3.05) is 20.2 Å². The Bertz CT molecular complexity index is 826. The van der Waals surface area contributed by atoms with Crippen molar-refractivity contribution in [3.05, 3.63) is 30.1 Å². The van der Waals surface area contributed by atoms with Gasteiger partial charge in [0.15, 0.2) is 0 Å². The van der Waals surface area contributed by atoms with Gasteiger partial charge in [0, 0.05) is 20.2 Å². The third-order valence-electron chi connectivity index (χ3n) is 5.22. The van der Waals surface area contributed by atoms with Crippen LogP contribution < -0.4 is 5.32 Å². The van der Waals surface area contributed by atoms with Crippen LogP contribution in [0, 0.1) is 0 Å². The molecular weight excluding hydrogens is 356 g/mol. The lowest BCUT2D eigenvalue weighted by Gasteiger charge is -2.21. The van der Waals surface area contributed by atoms with Crippen LogP contribution in [0.25, 0.3) is 11.0 Å². The third kappa shape index (κ3) is 4.52. The normalized spacial score (nSPS) is 17.6. The fourth-order valence-electron chi connectivity index (χ4n) is 3.52. The van der Waals surface area contributed by atoms with Crippen LogP contribution in [0.5, 0.6) is 0 Å². The number of ether oxygens (including phenoxy) is 1. The van der Waals surface area contributed by atoms with Gasteiger partial charge in [0.25, 0.3) is 0 Å². The minimum atomic E-state index is -0.387. The number of likely N-dealkylation sites (N-methyl/N-ethyl adjacent to an activating group) is 1. The molecule has 2 amide bonds. The highest BCUT2D eigenvalue weighted by atomic mass is 16.5. The number of nitrogens with one attached hydrogen (secondary N) is 1. The van der Waals surface area contributed by atoms with E-state index in [1.165, 1.54) is 0 Å². The summed E-state index contributed by atoms with van der Waals surface area (Å²) in [6.45, 7) is 5.58. The van der Waals surface area contributed by atoms with Crippen LogP contribution in [0.4, 0.5) is 0 Å². The summed E-state index contributed by atoms with van der Waals surface area (Å²) in [6, 6.07) is 7.42. The van der Waals surface area contributed by atoms with E-state index in [1.54, 1.807) is 4.90 Å². The molecular formula is C21H30N4O3. The van der Waals surface area contributed by atoms with Gasteiger partial charge < -0.3 is 19.5 Å². The maximum absolute atomic E-state index is 12.7. The van der Waals surface area contributed by atoms with Crippen LogP contribution in [-0.2, 0) is 20.9 Å². The molecule has 1 aromatic carbocycles. The number of imidazole rings is 1. The molecule has 3 rings (SSSR count). The third-order valence-corrected chi connectivity index (χ3v) is 5.22. The maximum atomic E-state index is 12.7. The van der Waals surface area contributed by atoms with E-state index in [0.717, 1.165) is 43.3 Å². The highest BCUT2D eigenvalue weighted by Crippen LogP contribution is 2.22. The fourth-order valence-corrected chi connectivity index (χ4v) is 3.52. The van der Waals surface area contributed by atoms with Crippen LogP contribution in [0.15, 0.2) is 24.3 Å². The van der Waals surface area contributed by atoms with E-state index >= 15 is 0 Å². The van der Waals surface area contributed by atoms with Gasteiger partial charge >= 0.3 is 0 Å². The molecule has 28 heavy (non-hydrogen) atoms. The molecule has 2 atom stereocenters. The Kier molecular flexibility index (Phi) is 6.67. The molecule has 2 heterocycles. The van der Waals surface area contributed by atoms with E-state index in [-0.39, 0.29) is 30.5 Å². The molecule has 0 bridgehead atoms. The summed E-state index contributed by atoms with van der Waals surface area (Å²) in [5.74, 6) is 0.607. The maximum Gasteiger partial charge on any atom is 0.249 e. The van der Waals surface area contributed by atoms with E-state index in [0.29, 0.717) is 12.4 Å². The number of benzene rings is 1. The molecule has 2 aromatic rings. The van der Waals surface area contributed by atoms with Crippen molar-refractivity contribution in [2.45, 2.75) is 58.2 Å². The number of carbonyl (C=O) groups is 2. The Morgan fingerprint density at radius 1 is 1.39 bits per heavy atom. The fraction of sp³-hybridized carbons (Fsp3) is 0.571. The number of carbonyl (C=O) groups excluding carboxylic acids is 2. The van der Waals surface area contributed by atoms with Crippen molar-refractivity contribution in [1.29, 1.82) is 0 Å². The number of unbranched alkanes of at least 4 members (excludes halogenated alkanes) is 1. The monoisotopic (exact) mass is 386 g/mol. The van der Waals surface area contributed by atoms with Gasteiger partial charge in [0.1, 0.15) is 18.5 Å². The molecule has 1 aromatic heterocycles. The van der Waals surface area contributed by atoms with Crippen molar-refractivity contribution in [2.24, 2.45) is 0 Å². The zero-order valence-corrected chi connectivity index (χ0v) is 17.0. The summed E-state index contributed by atoms with van der Waals surface area (Å²) < 4.78 is 7.39. The molecule has 1 aliphatic heterocycles. The van der Waals surface area contributed by atoms with E-state index in [9.17, 15) is 9.59 Å². The molecule has 1 aliphatic rings. The number of nitrogens with zero attached hydrogens (tertiary/aromatic N) is 3. The van der Waals surface area contributed by atoms with Gasteiger partial charge in [-0.25, -0.2) is 4.98 Å². The number of fused-ring (bicyclic) bond motifs is 1. The lowest BCUT2D eigenvalue weighted by Crippen LogP contribution is -2.37. The standard InChI is InChI=1S/C21H30N4O3/c1-4-5-12-24(3)19(26)14-25-17-10-7-6-9-16(17)23-20(25)15(2)22-21(27)18-11-8-13-28-18/h6-7,9-10,15,18H,4-5,8,11-14H2,1-3H3,(H,22,27). The lowest BCUT2D eigenvalue weighted by molar-refractivity contribution is -0.130. The molecule has 7 heteroatoms. The van der Waals surface area contributed by atoms with Gasteiger partial charge in [-0.1, -0.05) is 25.5 Å². The zero-order valence-electron chi connectivity index (χ0n) is 17.0. The number of hydrogen-bond acceptors (Lipinski definition) is 4. The Balaban J connectivity index is 1.82. The molecule has 7 nitrogen and oxygen atoms in total. The van der Waals surface area contributed by atoms with E-state index in [1.807, 2.05) is 42.8 Å². The molecule has 1 saturated heterocycles. The molecule has 0 saturated carbocycles. The predicted molar refractivity (Wildman–Crippen MR) is 108 cm³/mol. The second-order valence-electron chi connectivity index (χ2n) is 7.45. The first-order valence-electron chi connectivity index (χ1n) is 10.1. The van der Waals surface area contributed by atoms with Crippen LogP contribution in [0.2, 0.25) is 0 Å². The second kappa shape index (κ2) is 9.19. The summed E-state index contributed by atoms with van der Waals surface area (Å²) in [4.78, 5) is 31.7. The van der Waals surface area contributed by atoms with Crippen LogP contribution in [-0.4, -0.2) is 52.6 Å². The first kappa shape index (κ1) is 20.3. The van der Waals surface area contributed by atoms with Gasteiger partial charge in [-0.05, 0) is 38.3 Å². The minimum absolute atomic E-state index is 0.0375. The Morgan fingerprint density at radius 2 is 2.18 bits per heavy atom. The predicted octanol–water partition coefficient (Wildman–Crippen LogP) is 2.65. The summed E-state index contributed by atoms with van der Waals surface area (Å²) in [7, 11) is 1.83. The van der Waals surface area contributed by atoms with E-state index in [2.05, 4.69) is 12.2 Å². The highest BCUT2D eigenvalue weighted by molar-refractivity contribution is 5.83. The Morgan fingerprint density at radius 3 is 2.89 bits per heavy atom. The summed E-state index contributed by atoms with van der Waals surface area (Å²) >= 11 is 0. The molecule has 152 valence electrons. The molecule has 1 N–H and O–H groups in total.